The fraction of sp³-hybridized carbons (Fsp3) is 1.00. The lowest BCUT2D eigenvalue weighted by Crippen LogP contribution is -2.60. The van der Waals surface area contributed by atoms with Gasteiger partial charge in [-0.2, -0.15) is 0 Å². The Bertz CT molecular complexity index is 259. The minimum Gasteiger partial charge on any atom is -0.373 e. The zero-order valence-corrected chi connectivity index (χ0v) is 11.0. The summed E-state index contributed by atoms with van der Waals surface area (Å²) in [7, 11) is 0. The van der Waals surface area contributed by atoms with Crippen molar-refractivity contribution in [1.29, 1.82) is 0 Å². The average Bonchev–Trinajstić information content (AvgIpc) is 2.12. The van der Waals surface area contributed by atoms with Gasteiger partial charge >= 0.3 is 0 Å². The third-order valence-corrected chi connectivity index (χ3v) is 3.55. The van der Waals surface area contributed by atoms with E-state index >= 15 is 0 Å². The van der Waals surface area contributed by atoms with Crippen molar-refractivity contribution < 1.29 is 13.5 Å². The summed E-state index contributed by atoms with van der Waals surface area (Å²) in [6.45, 7) is 6.12. The van der Waals surface area contributed by atoms with Crippen LogP contribution in [0.1, 0.15) is 46.5 Å². The molecule has 17 heavy (non-hydrogen) atoms. The molecule has 0 aromatic heterocycles. The third kappa shape index (κ3) is 3.62. The van der Waals surface area contributed by atoms with E-state index in [1.165, 1.54) is 0 Å². The van der Waals surface area contributed by atoms with Crippen LogP contribution in [0.15, 0.2) is 0 Å². The maximum Gasteiger partial charge on any atom is 0.272 e. The Labute approximate surface area is 102 Å². The predicted molar refractivity (Wildman–Crippen MR) is 63.4 cm³/mol. The van der Waals surface area contributed by atoms with Gasteiger partial charge in [-0.15, -0.1) is 0 Å². The lowest BCUT2D eigenvalue weighted by atomic mass is 9.89. The second kappa shape index (κ2) is 4.47. The van der Waals surface area contributed by atoms with Crippen LogP contribution in [0, 0.1) is 0 Å². The summed E-state index contributed by atoms with van der Waals surface area (Å²) in [6.07, 6.45) is 4.31. The molecule has 2 fully saturated rings. The molecule has 1 aliphatic heterocycles. The van der Waals surface area contributed by atoms with Gasteiger partial charge in [-0.1, -0.05) is 0 Å². The Morgan fingerprint density at radius 2 is 1.59 bits per heavy atom. The van der Waals surface area contributed by atoms with E-state index in [4.69, 9.17) is 4.74 Å². The van der Waals surface area contributed by atoms with E-state index in [9.17, 15) is 8.78 Å². The number of rotatable bonds is 2. The van der Waals surface area contributed by atoms with Gasteiger partial charge in [0.05, 0.1) is 24.8 Å². The van der Waals surface area contributed by atoms with E-state index in [0.717, 1.165) is 25.7 Å². The van der Waals surface area contributed by atoms with E-state index in [1.54, 1.807) is 0 Å². The minimum absolute atomic E-state index is 0.0392. The van der Waals surface area contributed by atoms with Crippen LogP contribution in [0.4, 0.5) is 8.78 Å². The van der Waals surface area contributed by atoms with Crippen LogP contribution in [0.3, 0.4) is 0 Å². The van der Waals surface area contributed by atoms with Crippen LogP contribution >= 0.6 is 0 Å². The van der Waals surface area contributed by atoms with Gasteiger partial charge in [0.2, 0.25) is 0 Å². The molecule has 1 heterocycles. The highest BCUT2D eigenvalue weighted by Crippen LogP contribution is 2.35. The molecule has 0 aromatic carbocycles. The van der Waals surface area contributed by atoms with Crippen LogP contribution in [-0.4, -0.2) is 41.7 Å². The lowest BCUT2D eigenvalue weighted by molar-refractivity contribution is -0.156. The first-order valence-electron chi connectivity index (χ1n) is 6.55. The van der Waals surface area contributed by atoms with Crippen LogP contribution in [-0.2, 0) is 4.74 Å². The fourth-order valence-electron chi connectivity index (χ4n) is 2.83. The maximum absolute atomic E-state index is 12.8. The molecule has 0 aromatic rings. The normalized spacial score (nSPS) is 34.4. The topological polar surface area (TPSA) is 12.5 Å². The van der Waals surface area contributed by atoms with E-state index in [2.05, 4.69) is 20.8 Å². The van der Waals surface area contributed by atoms with E-state index < -0.39 is 5.92 Å². The quantitative estimate of drug-likeness (QED) is 0.743. The summed E-state index contributed by atoms with van der Waals surface area (Å²) in [5.74, 6) is -2.43. The molecule has 2 rings (SSSR count). The highest BCUT2D eigenvalue weighted by atomic mass is 19.3. The SMILES string of the molecule is CC(C)(C)OC1CCC(N2CC(F)(F)C2)CC1. The summed E-state index contributed by atoms with van der Waals surface area (Å²) in [5, 5.41) is 0. The van der Waals surface area contributed by atoms with Crippen molar-refractivity contribution in [3.63, 3.8) is 0 Å². The van der Waals surface area contributed by atoms with Gasteiger partial charge in [0, 0.05) is 6.04 Å². The Hall–Kier alpha value is -0.220. The Morgan fingerprint density at radius 3 is 2.00 bits per heavy atom. The second-order valence-electron chi connectivity index (χ2n) is 6.42. The smallest absolute Gasteiger partial charge is 0.272 e. The number of hydrogen-bond donors (Lipinski definition) is 0. The molecule has 0 bridgehead atoms. The van der Waals surface area contributed by atoms with Gasteiger partial charge in [-0.05, 0) is 46.5 Å². The summed E-state index contributed by atoms with van der Waals surface area (Å²) >= 11 is 0. The average molecular weight is 247 g/mol. The van der Waals surface area contributed by atoms with Crippen LogP contribution in [0.25, 0.3) is 0 Å². The first-order chi connectivity index (χ1) is 7.75. The Balaban J connectivity index is 1.72. The lowest BCUT2D eigenvalue weighted by Gasteiger charge is -2.46. The van der Waals surface area contributed by atoms with Crippen molar-refractivity contribution in [2.45, 2.75) is 70.1 Å². The van der Waals surface area contributed by atoms with Crippen molar-refractivity contribution in [2.24, 2.45) is 0 Å². The first-order valence-corrected chi connectivity index (χ1v) is 6.55. The number of hydrogen-bond acceptors (Lipinski definition) is 2. The summed E-state index contributed by atoms with van der Waals surface area (Å²) in [4.78, 5) is 1.92. The van der Waals surface area contributed by atoms with Gasteiger partial charge in [-0.25, -0.2) is 8.78 Å². The molecular formula is C13H23F2NO. The molecule has 1 saturated heterocycles. The Kier molecular flexibility index (Phi) is 3.47. The van der Waals surface area contributed by atoms with Crippen molar-refractivity contribution in [2.75, 3.05) is 13.1 Å². The van der Waals surface area contributed by atoms with Crippen LogP contribution < -0.4 is 0 Å². The van der Waals surface area contributed by atoms with Gasteiger partial charge in [0.15, 0.2) is 0 Å². The first kappa shape index (κ1) is 13.2. The molecule has 1 saturated carbocycles. The highest BCUT2D eigenvalue weighted by Gasteiger charge is 2.47. The van der Waals surface area contributed by atoms with Gasteiger partial charge in [0.1, 0.15) is 0 Å². The van der Waals surface area contributed by atoms with Crippen molar-refractivity contribution in [1.82, 2.24) is 4.90 Å². The second-order valence-corrected chi connectivity index (χ2v) is 6.42. The molecule has 2 nitrogen and oxygen atoms in total. The van der Waals surface area contributed by atoms with Crippen molar-refractivity contribution >= 4 is 0 Å². The number of nitrogens with zero attached hydrogens (tertiary/aromatic N) is 1. The number of ether oxygens (including phenoxy) is 1. The predicted octanol–water partition coefficient (Wildman–Crippen LogP) is 3.06. The van der Waals surface area contributed by atoms with Gasteiger partial charge in [-0.3, -0.25) is 4.90 Å². The molecule has 1 aliphatic carbocycles. The number of likely N-dealkylation sites (tertiary alicyclic amines) is 1. The molecule has 0 spiro atoms. The standard InChI is InChI=1S/C13H23F2NO/c1-12(2,3)17-11-6-4-10(5-7-11)16-8-13(14,15)9-16/h10-11H,4-9H2,1-3H3. The van der Waals surface area contributed by atoms with Crippen LogP contribution in [0.5, 0.6) is 0 Å². The fourth-order valence-corrected chi connectivity index (χ4v) is 2.83. The molecule has 0 N–H and O–H groups in total. The number of halogens is 2. The van der Waals surface area contributed by atoms with E-state index in [1.807, 2.05) is 4.90 Å². The minimum atomic E-state index is -2.43. The molecule has 0 amide bonds. The molecular weight excluding hydrogens is 224 g/mol. The Morgan fingerprint density at radius 1 is 1.06 bits per heavy atom. The zero-order valence-electron chi connectivity index (χ0n) is 11.0. The number of alkyl halides is 2. The zero-order chi connectivity index (χ0) is 12.7. The van der Waals surface area contributed by atoms with Crippen LogP contribution in [0.2, 0.25) is 0 Å². The molecule has 2 aliphatic rings. The molecule has 4 heteroatoms. The molecule has 0 radical (unpaired) electrons. The molecule has 0 atom stereocenters. The largest absolute Gasteiger partial charge is 0.373 e. The van der Waals surface area contributed by atoms with Gasteiger partial charge in [0.25, 0.3) is 5.92 Å². The maximum atomic E-state index is 12.8. The van der Waals surface area contributed by atoms with Crippen molar-refractivity contribution in [3.05, 3.63) is 0 Å². The monoisotopic (exact) mass is 247 g/mol. The summed E-state index contributed by atoms with van der Waals surface area (Å²) in [5.41, 5.74) is -0.0959. The molecule has 100 valence electrons. The third-order valence-electron chi connectivity index (χ3n) is 3.55. The molecule has 0 unspecified atom stereocenters. The van der Waals surface area contributed by atoms with Crippen molar-refractivity contribution in [3.8, 4) is 0 Å². The highest BCUT2D eigenvalue weighted by molar-refractivity contribution is 4.93. The van der Waals surface area contributed by atoms with E-state index in [0.29, 0.717) is 12.1 Å². The summed E-state index contributed by atoms with van der Waals surface area (Å²) < 4.78 is 31.5. The van der Waals surface area contributed by atoms with E-state index in [-0.39, 0.29) is 18.7 Å². The summed E-state index contributed by atoms with van der Waals surface area (Å²) in [6, 6.07) is 0.356. The van der Waals surface area contributed by atoms with Gasteiger partial charge < -0.3 is 4.74 Å².